The minimum atomic E-state index is 0.0349. The fraction of sp³-hybridized carbons (Fsp3) is 0.500. The fourth-order valence-electron chi connectivity index (χ4n) is 1.74. The van der Waals surface area contributed by atoms with Crippen LogP contribution in [-0.2, 0) is 11.3 Å². The number of nitrogens with zero attached hydrogens (tertiary/aromatic N) is 1. The highest BCUT2D eigenvalue weighted by Crippen LogP contribution is 2.02. The fourth-order valence-corrected chi connectivity index (χ4v) is 1.74. The monoisotopic (exact) mass is 249 g/mol. The number of carbonyl (C=O) groups is 1. The second kappa shape index (κ2) is 8.66. The maximum Gasteiger partial charge on any atom is 0.233 e. The number of benzene rings is 1. The van der Waals surface area contributed by atoms with E-state index in [1.165, 1.54) is 5.56 Å². The van der Waals surface area contributed by atoms with Crippen LogP contribution in [0.25, 0.3) is 0 Å². The first-order chi connectivity index (χ1) is 8.72. The predicted molar refractivity (Wildman–Crippen MR) is 74.3 cm³/mol. The van der Waals surface area contributed by atoms with Gasteiger partial charge in [0.05, 0.1) is 6.54 Å². The third-order valence-corrected chi connectivity index (χ3v) is 2.75. The van der Waals surface area contributed by atoms with Crippen LogP contribution in [0.1, 0.15) is 12.0 Å². The quantitative estimate of drug-likeness (QED) is 0.671. The van der Waals surface area contributed by atoms with Crippen molar-refractivity contribution in [2.45, 2.75) is 13.0 Å². The Kier molecular flexibility index (Phi) is 7.06. The largest absolute Gasteiger partial charge is 0.358 e. The third kappa shape index (κ3) is 6.37. The van der Waals surface area contributed by atoms with E-state index in [0.29, 0.717) is 6.54 Å². The molecule has 0 aliphatic carbocycles. The van der Waals surface area contributed by atoms with Gasteiger partial charge in [0, 0.05) is 13.6 Å². The molecule has 1 rings (SSSR count). The molecule has 0 aliphatic heterocycles. The summed E-state index contributed by atoms with van der Waals surface area (Å²) in [7, 11) is 3.77. The van der Waals surface area contributed by atoms with Crippen molar-refractivity contribution in [3.05, 3.63) is 35.9 Å². The van der Waals surface area contributed by atoms with Gasteiger partial charge in [-0.25, -0.2) is 0 Å². The molecule has 0 saturated heterocycles. The van der Waals surface area contributed by atoms with Crippen LogP contribution in [0.4, 0.5) is 0 Å². The molecule has 1 amide bonds. The molecule has 1 aromatic rings. The SMILES string of the molecule is CNC(=O)CNCCCN(C)Cc1ccccc1. The van der Waals surface area contributed by atoms with Crippen molar-refractivity contribution < 1.29 is 4.79 Å². The molecule has 4 heteroatoms. The summed E-state index contributed by atoms with van der Waals surface area (Å²) in [6, 6.07) is 10.4. The van der Waals surface area contributed by atoms with Crippen molar-refractivity contribution in [2.24, 2.45) is 0 Å². The first-order valence-electron chi connectivity index (χ1n) is 6.36. The molecule has 100 valence electrons. The number of hydrogen-bond donors (Lipinski definition) is 2. The first-order valence-corrected chi connectivity index (χ1v) is 6.36. The molecule has 0 atom stereocenters. The lowest BCUT2D eigenvalue weighted by molar-refractivity contribution is -0.119. The molecule has 0 spiro atoms. The molecule has 2 N–H and O–H groups in total. The normalized spacial score (nSPS) is 10.6. The van der Waals surface area contributed by atoms with Crippen LogP contribution < -0.4 is 10.6 Å². The van der Waals surface area contributed by atoms with Gasteiger partial charge in [-0.3, -0.25) is 4.79 Å². The molecule has 0 bridgehead atoms. The lowest BCUT2D eigenvalue weighted by Gasteiger charge is -2.16. The molecule has 0 aliphatic rings. The van der Waals surface area contributed by atoms with Crippen molar-refractivity contribution in [1.29, 1.82) is 0 Å². The topological polar surface area (TPSA) is 44.4 Å². The van der Waals surface area contributed by atoms with Crippen molar-refractivity contribution >= 4 is 5.91 Å². The van der Waals surface area contributed by atoms with Crippen molar-refractivity contribution in [2.75, 3.05) is 33.7 Å². The standard InChI is InChI=1S/C14H23N3O/c1-15-14(18)11-16-9-6-10-17(2)12-13-7-4-3-5-8-13/h3-5,7-8,16H,6,9-12H2,1-2H3,(H,15,18). The summed E-state index contributed by atoms with van der Waals surface area (Å²) >= 11 is 0. The molecule has 4 nitrogen and oxygen atoms in total. The highest BCUT2D eigenvalue weighted by molar-refractivity contribution is 5.77. The molecule has 0 aromatic heterocycles. The Morgan fingerprint density at radius 2 is 2.00 bits per heavy atom. The Bertz CT molecular complexity index is 340. The summed E-state index contributed by atoms with van der Waals surface area (Å²) < 4.78 is 0. The average Bonchev–Trinajstić information content (AvgIpc) is 2.39. The van der Waals surface area contributed by atoms with E-state index in [2.05, 4.69) is 46.8 Å². The highest BCUT2D eigenvalue weighted by atomic mass is 16.1. The first kappa shape index (κ1) is 14.7. The van der Waals surface area contributed by atoms with Gasteiger partial charge in [-0.2, -0.15) is 0 Å². The lowest BCUT2D eigenvalue weighted by atomic mass is 10.2. The van der Waals surface area contributed by atoms with E-state index in [-0.39, 0.29) is 5.91 Å². The van der Waals surface area contributed by atoms with Crippen LogP contribution in [-0.4, -0.2) is 44.5 Å². The number of nitrogens with one attached hydrogen (secondary N) is 2. The van der Waals surface area contributed by atoms with Gasteiger partial charge in [0.2, 0.25) is 5.91 Å². The van der Waals surface area contributed by atoms with Gasteiger partial charge in [0.1, 0.15) is 0 Å². The lowest BCUT2D eigenvalue weighted by Crippen LogP contribution is -2.33. The zero-order valence-electron chi connectivity index (χ0n) is 11.3. The molecule has 0 heterocycles. The molecule has 18 heavy (non-hydrogen) atoms. The smallest absolute Gasteiger partial charge is 0.233 e. The number of amides is 1. The van der Waals surface area contributed by atoms with E-state index >= 15 is 0 Å². The molecule has 0 radical (unpaired) electrons. The Morgan fingerprint density at radius 3 is 2.67 bits per heavy atom. The van der Waals surface area contributed by atoms with Crippen LogP contribution in [0.5, 0.6) is 0 Å². The second-order valence-electron chi connectivity index (χ2n) is 4.43. The van der Waals surface area contributed by atoms with E-state index in [9.17, 15) is 4.79 Å². The van der Waals surface area contributed by atoms with Crippen molar-refractivity contribution in [3.8, 4) is 0 Å². The number of rotatable bonds is 8. The number of carbonyl (C=O) groups excluding carboxylic acids is 1. The Labute approximate surface area is 109 Å². The van der Waals surface area contributed by atoms with Gasteiger partial charge in [-0.05, 0) is 32.1 Å². The Hall–Kier alpha value is -1.39. The van der Waals surface area contributed by atoms with Crippen molar-refractivity contribution in [3.63, 3.8) is 0 Å². The second-order valence-corrected chi connectivity index (χ2v) is 4.43. The van der Waals surface area contributed by atoms with Gasteiger partial charge in [-0.1, -0.05) is 30.3 Å². The third-order valence-electron chi connectivity index (χ3n) is 2.75. The van der Waals surface area contributed by atoms with Gasteiger partial charge in [-0.15, -0.1) is 0 Å². The number of hydrogen-bond acceptors (Lipinski definition) is 3. The molecule has 0 saturated carbocycles. The molecule has 0 fully saturated rings. The van der Waals surface area contributed by atoms with E-state index in [0.717, 1.165) is 26.1 Å². The molecule has 1 aromatic carbocycles. The van der Waals surface area contributed by atoms with Crippen LogP contribution in [0.2, 0.25) is 0 Å². The van der Waals surface area contributed by atoms with Crippen LogP contribution in [0.3, 0.4) is 0 Å². The zero-order valence-corrected chi connectivity index (χ0v) is 11.3. The van der Waals surface area contributed by atoms with Crippen LogP contribution in [0, 0.1) is 0 Å². The predicted octanol–water partition coefficient (Wildman–Crippen LogP) is 0.844. The Balaban J connectivity index is 2.07. The maximum atomic E-state index is 11.0. The molecule has 0 unspecified atom stereocenters. The zero-order chi connectivity index (χ0) is 13.2. The van der Waals surface area contributed by atoms with E-state index in [1.54, 1.807) is 7.05 Å². The summed E-state index contributed by atoms with van der Waals surface area (Å²) in [5.74, 6) is 0.0349. The molecular weight excluding hydrogens is 226 g/mol. The van der Waals surface area contributed by atoms with Gasteiger partial charge in [0.25, 0.3) is 0 Å². The van der Waals surface area contributed by atoms with E-state index in [4.69, 9.17) is 0 Å². The van der Waals surface area contributed by atoms with E-state index in [1.807, 2.05) is 6.07 Å². The van der Waals surface area contributed by atoms with Gasteiger partial charge in [0.15, 0.2) is 0 Å². The molecular formula is C14H23N3O. The van der Waals surface area contributed by atoms with Crippen LogP contribution in [0.15, 0.2) is 30.3 Å². The summed E-state index contributed by atoms with van der Waals surface area (Å²) in [4.78, 5) is 13.3. The van der Waals surface area contributed by atoms with E-state index < -0.39 is 0 Å². The van der Waals surface area contributed by atoms with Crippen molar-refractivity contribution in [1.82, 2.24) is 15.5 Å². The minimum Gasteiger partial charge on any atom is -0.358 e. The van der Waals surface area contributed by atoms with Gasteiger partial charge < -0.3 is 15.5 Å². The number of likely N-dealkylation sites (N-methyl/N-ethyl adjacent to an activating group) is 1. The van der Waals surface area contributed by atoms with Crippen LogP contribution >= 0.6 is 0 Å². The maximum absolute atomic E-state index is 11.0. The summed E-state index contributed by atoms with van der Waals surface area (Å²) in [5.41, 5.74) is 1.33. The van der Waals surface area contributed by atoms with Gasteiger partial charge >= 0.3 is 0 Å². The highest BCUT2D eigenvalue weighted by Gasteiger charge is 2.00. The minimum absolute atomic E-state index is 0.0349. The summed E-state index contributed by atoms with van der Waals surface area (Å²) in [6.07, 6.45) is 1.04. The Morgan fingerprint density at radius 1 is 1.28 bits per heavy atom. The summed E-state index contributed by atoms with van der Waals surface area (Å²) in [6.45, 7) is 3.26. The summed E-state index contributed by atoms with van der Waals surface area (Å²) in [5, 5.41) is 5.70. The average molecular weight is 249 g/mol.